The predicted molar refractivity (Wildman–Crippen MR) is 77.6 cm³/mol. The first-order chi connectivity index (χ1) is 9.59. The van der Waals surface area contributed by atoms with Gasteiger partial charge in [0.25, 0.3) is 0 Å². The molecule has 1 unspecified atom stereocenters. The minimum absolute atomic E-state index is 0.0944. The van der Waals surface area contributed by atoms with Gasteiger partial charge in [0.1, 0.15) is 0 Å². The molecule has 0 amide bonds. The van der Waals surface area contributed by atoms with Gasteiger partial charge in [-0.15, -0.1) is 0 Å². The fraction of sp³-hybridized carbons (Fsp3) is 0.933. The average Bonchev–Trinajstić information content (AvgIpc) is 2.47. The number of piperidine rings is 1. The molecular formula is C15H29NO4. The second-order valence-electron chi connectivity index (χ2n) is 5.86. The Bertz CT molecular complexity index is 275. The fourth-order valence-electron chi connectivity index (χ4n) is 2.39. The summed E-state index contributed by atoms with van der Waals surface area (Å²) in [5.74, 6) is 0.268. The average molecular weight is 287 g/mol. The number of hydrogen-bond donors (Lipinski definition) is 1. The molecule has 1 atom stereocenters. The Kier molecular flexibility index (Phi) is 8.11. The van der Waals surface area contributed by atoms with Gasteiger partial charge in [0.05, 0.1) is 25.2 Å². The lowest BCUT2D eigenvalue weighted by Gasteiger charge is -2.35. The van der Waals surface area contributed by atoms with Gasteiger partial charge in [-0.05, 0) is 45.7 Å². The molecule has 1 aliphatic rings. The van der Waals surface area contributed by atoms with Crippen LogP contribution >= 0.6 is 0 Å². The topological polar surface area (TPSA) is 56.8 Å². The highest BCUT2D eigenvalue weighted by Crippen LogP contribution is 2.32. The molecule has 1 rings (SSSR count). The third-order valence-electron chi connectivity index (χ3n) is 3.94. The maximum Gasteiger partial charge on any atom is 0.311 e. The monoisotopic (exact) mass is 287 g/mol. The van der Waals surface area contributed by atoms with Crippen molar-refractivity contribution in [3.05, 3.63) is 0 Å². The van der Waals surface area contributed by atoms with Crippen LogP contribution in [0.1, 0.15) is 33.1 Å². The van der Waals surface area contributed by atoms with Gasteiger partial charge in [-0.2, -0.15) is 0 Å². The van der Waals surface area contributed by atoms with E-state index in [0.717, 1.165) is 32.4 Å². The highest BCUT2D eigenvalue weighted by molar-refractivity contribution is 5.76. The lowest BCUT2D eigenvalue weighted by atomic mass is 9.75. The number of ether oxygens (including phenoxy) is 3. The molecule has 0 spiro atoms. The Morgan fingerprint density at radius 2 is 2.05 bits per heavy atom. The molecule has 0 saturated carbocycles. The smallest absolute Gasteiger partial charge is 0.311 e. The number of nitrogens with one attached hydrogen (secondary N) is 1. The molecule has 20 heavy (non-hydrogen) atoms. The Hall–Kier alpha value is -0.650. The fourth-order valence-corrected chi connectivity index (χ4v) is 2.39. The van der Waals surface area contributed by atoms with E-state index in [0.29, 0.717) is 32.3 Å². The molecule has 1 heterocycles. The van der Waals surface area contributed by atoms with E-state index in [1.807, 2.05) is 13.8 Å². The molecule has 5 nitrogen and oxygen atoms in total. The van der Waals surface area contributed by atoms with E-state index in [1.54, 1.807) is 7.11 Å². The van der Waals surface area contributed by atoms with Crippen LogP contribution in [-0.2, 0) is 19.0 Å². The van der Waals surface area contributed by atoms with Crippen LogP contribution in [0.25, 0.3) is 0 Å². The van der Waals surface area contributed by atoms with Crippen molar-refractivity contribution in [2.45, 2.75) is 33.1 Å². The van der Waals surface area contributed by atoms with Crippen LogP contribution in [0.2, 0.25) is 0 Å². The molecule has 0 radical (unpaired) electrons. The second kappa shape index (κ2) is 9.32. The summed E-state index contributed by atoms with van der Waals surface area (Å²) in [5.41, 5.74) is -0.412. The molecule has 0 bridgehead atoms. The Morgan fingerprint density at radius 1 is 1.25 bits per heavy atom. The van der Waals surface area contributed by atoms with Crippen molar-refractivity contribution in [3.63, 3.8) is 0 Å². The molecule has 1 aliphatic heterocycles. The molecule has 0 aromatic rings. The largest absolute Gasteiger partial charge is 0.465 e. The minimum atomic E-state index is -0.412. The van der Waals surface area contributed by atoms with Gasteiger partial charge in [-0.3, -0.25) is 4.79 Å². The molecule has 0 aromatic heterocycles. The van der Waals surface area contributed by atoms with E-state index < -0.39 is 5.41 Å². The Balaban J connectivity index is 2.17. The number of rotatable bonds is 9. The van der Waals surface area contributed by atoms with Crippen molar-refractivity contribution in [3.8, 4) is 0 Å². The van der Waals surface area contributed by atoms with Crippen molar-refractivity contribution in [2.24, 2.45) is 11.3 Å². The third kappa shape index (κ3) is 5.77. The van der Waals surface area contributed by atoms with E-state index >= 15 is 0 Å². The van der Waals surface area contributed by atoms with Crippen molar-refractivity contribution in [1.82, 2.24) is 5.32 Å². The summed E-state index contributed by atoms with van der Waals surface area (Å²) >= 11 is 0. The molecule has 1 saturated heterocycles. The van der Waals surface area contributed by atoms with E-state index in [2.05, 4.69) is 5.32 Å². The van der Waals surface area contributed by atoms with Crippen LogP contribution in [0.3, 0.4) is 0 Å². The molecular weight excluding hydrogens is 258 g/mol. The van der Waals surface area contributed by atoms with Crippen LogP contribution in [-0.4, -0.2) is 52.6 Å². The standard InChI is InChI=1S/C15H29NO4/c1-15(2,13-6-4-7-16-12-13)14(17)20-9-5-8-19-11-10-18-3/h13,16H,4-12H2,1-3H3. The molecule has 1 N–H and O–H groups in total. The minimum Gasteiger partial charge on any atom is -0.465 e. The van der Waals surface area contributed by atoms with Gasteiger partial charge in [0, 0.05) is 20.1 Å². The first-order valence-electron chi connectivity index (χ1n) is 7.53. The Morgan fingerprint density at radius 3 is 2.70 bits per heavy atom. The molecule has 1 fully saturated rings. The number of carbonyl (C=O) groups excluding carboxylic acids is 1. The van der Waals surface area contributed by atoms with E-state index in [4.69, 9.17) is 14.2 Å². The predicted octanol–water partition coefficient (Wildman–Crippen LogP) is 1.61. The van der Waals surface area contributed by atoms with Crippen LogP contribution in [0.15, 0.2) is 0 Å². The van der Waals surface area contributed by atoms with E-state index in [-0.39, 0.29) is 5.97 Å². The molecule has 5 heteroatoms. The van der Waals surface area contributed by atoms with Gasteiger partial charge in [-0.1, -0.05) is 0 Å². The molecule has 0 aromatic carbocycles. The summed E-state index contributed by atoms with van der Waals surface area (Å²) in [6.45, 7) is 8.15. The van der Waals surface area contributed by atoms with Gasteiger partial charge in [-0.25, -0.2) is 0 Å². The van der Waals surface area contributed by atoms with E-state index in [1.165, 1.54) is 0 Å². The number of carbonyl (C=O) groups is 1. The summed E-state index contributed by atoms with van der Waals surface area (Å²) in [6, 6.07) is 0. The maximum atomic E-state index is 12.2. The number of hydrogen-bond acceptors (Lipinski definition) is 5. The van der Waals surface area contributed by atoms with Crippen LogP contribution < -0.4 is 5.32 Å². The third-order valence-corrected chi connectivity index (χ3v) is 3.94. The lowest BCUT2D eigenvalue weighted by Crippen LogP contribution is -2.43. The highest BCUT2D eigenvalue weighted by Gasteiger charge is 2.38. The van der Waals surface area contributed by atoms with Crippen molar-refractivity contribution in [2.75, 3.05) is 46.6 Å². The van der Waals surface area contributed by atoms with Crippen LogP contribution in [0.4, 0.5) is 0 Å². The summed E-state index contributed by atoms with van der Waals surface area (Å²) in [6.07, 6.45) is 2.96. The van der Waals surface area contributed by atoms with Crippen LogP contribution in [0, 0.1) is 11.3 Å². The van der Waals surface area contributed by atoms with Gasteiger partial charge >= 0.3 is 5.97 Å². The zero-order chi connectivity index (χ0) is 14.8. The van der Waals surface area contributed by atoms with Gasteiger partial charge in [0.15, 0.2) is 0 Å². The molecule has 118 valence electrons. The number of methoxy groups -OCH3 is 1. The first kappa shape index (κ1) is 17.4. The second-order valence-corrected chi connectivity index (χ2v) is 5.86. The summed E-state index contributed by atoms with van der Waals surface area (Å²) in [4.78, 5) is 12.2. The maximum absolute atomic E-state index is 12.2. The van der Waals surface area contributed by atoms with Crippen molar-refractivity contribution >= 4 is 5.97 Å². The summed E-state index contributed by atoms with van der Waals surface area (Å²) in [7, 11) is 1.65. The SMILES string of the molecule is COCCOCCCOC(=O)C(C)(C)C1CCCNC1. The van der Waals surface area contributed by atoms with Crippen molar-refractivity contribution < 1.29 is 19.0 Å². The zero-order valence-electron chi connectivity index (χ0n) is 13.1. The summed E-state index contributed by atoms with van der Waals surface area (Å²) < 4.78 is 15.6. The summed E-state index contributed by atoms with van der Waals surface area (Å²) in [5, 5.41) is 3.35. The first-order valence-corrected chi connectivity index (χ1v) is 7.53. The lowest BCUT2D eigenvalue weighted by molar-refractivity contribution is -0.158. The van der Waals surface area contributed by atoms with Crippen LogP contribution in [0.5, 0.6) is 0 Å². The van der Waals surface area contributed by atoms with Gasteiger partial charge < -0.3 is 19.5 Å². The highest BCUT2D eigenvalue weighted by atomic mass is 16.5. The van der Waals surface area contributed by atoms with Crippen molar-refractivity contribution in [1.29, 1.82) is 0 Å². The number of esters is 1. The normalized spacial score (nSPS) is 19.9. The van der Waals surface area contributed by atoms with E-state index in [9.17, 15) is 4.79 Å². The quantitative estimate of drug-likeness (QED) is 0.516. The van der Waals surface area contributed by atoms with Gasteiger partial charge in [0.2, 0.25) is 0 Å². The Labute approximate surface area is 122 Å². The molecule has 0 aliphatic carbocycles. The zero-order valence-corrected chi connectivity index (χ0v) is 13.1.